The van der Waals surface area contributed by atoms with Crippen LogP contribution in [0.4, 0.5) is 0 Å². The van der Waals surface area contributed by atoms with Crippen LogP contribution in [0, 0.1) is 6.92 Å². The summed E-state index contributed by atoms with van der Waals surface area (Å²) in [5.41, 5.74) is 8.34. The summed E-state index contributed by atoms with van der Waals surface area (Å²) in [7, 11) is 3.29. The molecule has 0 saturated heterocycles. The van der Waals surface area contributed by atoms with Crippen molar-refractivity contribution in [2.75, 3.05) is 325 Å². The largest absolute Gasteiger partial charge is 0.494 e. The molecule has 626 valence electrons. The number of carbonyl (C=O) groups is 2. The van der Waals surface area contributed by atoms with Crippen LogP contribution in [0.25, 0.3) is 22.3 Å². The van der Waals surface area contributed by atoms with Gasteiger partial charge in [0.15, 0.2) is 0 Å². The van der Waals surface area contributed by atoms with E-state index >= 15 is 0 Å². The predicted octanol–water partition coefficient (Wildman–Crippen LogP) is 8.52. The fraction of sp³-hybridized carbons (Fsp3) is 0.753. The number of rotatable bonds is 85. The Kier molecular flexibility index (Phi) is 63.6. The zero-order valence-corrected chi connectivity index (χ0v) is 66.0. The van der Waals surface area contributed by atoms with E-state index in [0.29, 0.717) is 317 Å². The summed E-state index contributed by atoms with van der Waals surface area (Å²) in [4.78, 5) is 22.8. The standard InChI is InChI=1S/C81H134O28/c1-71-10-17-76-77-18-13-73(72-11-15-75(16-12-72)109-24-6-4-5-9-74(82)14-19-80(83)84)70-79(77)81(78(76)69-71,20-7-22-87-29-31-91-37-39-95-45-47-99-53-55-103-61-63-107-67-65-105-59-57-101-51-49-97-43-41-93-35-33-89-27-25-85-2)21-8-23-88-30-32-92-38-40-96-46-48-100-54-56-104-62-64-108-68-66-106-60-58-102-52-50-98-44-42-94-36-34-90-28-26-86-3/h10-13,15-18,69-70H,4-9,14,19-68H2,1-3H3,(H,83,84). The Balaban J connectivity index is 1.05. The molecule has 3 aromatic rings. The van der Waals surface area contributed by atoms with Crippen molar-refractivity contribution in [3.8, 4) is 28.0 Å². The van der Waals surface area contributed by atoms with E-state index in [1.165, 1.54) is 27.8 Å². The molecule has 0 fully saturated rings. The van der Waals surface area contributed by atoms with Crippen molar-refractivity contribution < 1.29 is 133 Å². The molecule has 0 spiro atoms. The Morgan fingerprint density at radius 1 is 0.275 bits per heavy atom. The first-order chi connectivity index (χ1) is 53.9. The minimum atomic E-state index is -0.946. The topological polar surface area (TPSA) is 285 Å². The molecule has 0 unspecified atom stereocenters. The van der Waals surface area contributed by atoms with Gasteiger partial charge in [-0.25, -0.2) is 0 Å². The third-order valence-electron chi connectivity index (χ3n) is 16.8. The van der Waals surface area contributed by atoms with Crippen LogP contribution in [-0.4, -0.2) is 342 Å². The number of unbranched alkanes of at least 4 members (excludes halogenated alkanes) is 2. The van der Waals surface area contributed by atoms with Gasteiger partial charge in [-0.05, 0) is 103 Å². The van der Waals surface area contributed by atoms with Crippen molar-refractivity contribution in [2.24, 2.45) is 0 Å². The van der Waals surface area contributed by atoms with Crippen molar-refractivity contribution >= 4 is 11.8 Å². The third-order valence-corrected chi connectivity index (χ3v) is 16.8. The number of fused-ring (bicyclic) bond motifs is 3. The number of methoxy groups -OCH3 is 2. The Hall–Kier alpha value is -4.36. The van der Waals surface area contributed by atoms with Crippen molar-refractivity contribution in [1.82, 2.24) is 0 Å². The molecule has 28 nitrogen and oxygen atoms in total. The summed E-state index contributed by atoms with van der Waals surface area (Å²) in [6.07, 6.45) is 6.19. The van der Waals surface area contributed by atoms with Crippen LogP contribution in [0.2, 0.25) is 0 Å². The highest BCUT2D eigenvalue weighted by Crippen LogP contribution is 2.55. The molecule has 1 N–H and O–H groups in total. The maximum atomic E-state index is 12.0. The molecule has 1 aliphatic carbocycles. The quantitative estimate of drug-likeness (QED) is 0.0518. The average molecular weight is 1560 g/mol. The van der Waals surface area contributed by atoms with Gasteiger partial charge >= 0.3 is 5.97 Å². The number of aliphatic carboxylic acids is 1. The summed E-state index contributed by atoms with van der Waals surface area (Å²) in [5.74, 6) is -0.168. The van der Waals surface area contributed by atoms with Gasteiger partial charge in [0.1, 0.15) is 11.5 Å². The van der Waals surface area contributed by atoms with E-state index < -0.39 is 5.97 Å². The van der Waals surface area contributed by atoms with E-state index in [1.54, 1.807) is 14.2 Å². The third kappa shape index (κ3) is 51.9. The van der Waals surface area contributed by atoms with Gasteiger partial charge in [-0.2, -0.15) is 0 Å². The smallest absolute Gasteiger partial charge is 0.303 e. The first-order valence-corrected chi connectivity index (χ1v) is 39.3. The highest BCUT2D eigenvalue weighted by Gasteiger charge is 2.42. The highest BCUT2D eigenvalue weighted by molar-refractivity contribution is 5.84. The fourth-order valence-electron chi connectivity index (χ4n) is 11.2. The lowest BCUT2D eigenvalue weighted by Gasteiger charge is -2.33. The summed E-state index contributed by atoms with van der Waals surface area (Å²) < 4.78 is 140. The minimum absolute atomic E-state index is 0.00779. The number of Topliss-reactive ketones (excluding diaryl/α,β-unsaturated/α-hetero) is 1. The molecule has 0 bridgehead atoms. The number of hydrogen-bond acceptors (Lipinski definition) is 27. The molecule has 0 atom stereocenters. The van der Waals surface area contributed by atoms with Crippen LogP contribution >= 0.6 is 0 Å². The lowest BCUT2D eigenvalue weighted by molar-refractivity contribution is -0.138. The Morgan fingerprint density at radius 2 is 0.550 bits per heavy atom. The van der Waals surface area contributed by atoms with Crippen LogP contribution in [0.15, 0.2) is 60.7 Å². The van der Waals surface area contributed by atoms with Gasteiger partial charge in [0.05, 0.1) is 304 Å². The number of carboxylic acid groups (broad SMARTS) is 1. The maximum absolute atomic E-state index is 12.0. The number of carbonyl (C=O) groups excluding carboxylic acids is 1. The molecule has 0 amide bonds. The van der Waals surface area contributed by atoms with Crippen LogP contribution in [-0.2, 0) is 129 Å². The van der Waals surface area contributed by atoms with E-state index in [0.717, 1.165) is 61.8 Å². The second-order valence-corrected chi connectivity index (χ2v) is 25.2. The number of hydrogen-bond donors (Lipinski definition) is 1. The van der Waals surface area contributed by atoms with Crippen LogP contribution < -0.4 is 4.74 Å². The Labute approximate surface area is 648 Å². The number of aryl methyl sites for hydroxylation is 1. The predicted molar refractivity (Wildman–Crippen MR) is 409 cm³/mol. The SMILES string of the molecule is COCCOCCOCCOCCOCCOCCOCCOCCOCCOCCOCCOCCCC1(CCCOCCOCCOCCOCCOCCOCCOCCOCCOCCOCCOCCOC)c2cc(C)ccc2-c2ccc(-c3ccc(OCCCCCC(=O)CCC(=O)O)cc3)cc21. The molecule has 0 radical (unpaired) electrons. The summed E-state index contributed by atoms with van der Waals surface area (Å²) in [6.45, 7) is 25.6. The van der Waals surface area contributed by atoms with Gasteiger partial charge < -0.3 is 124 Å². The Morgan fingerprint density at radius 3 is 0.853 bits per heavy atom. The first-order valence-electron chi connectivity index (χ1n) is 39.3. The van der Waals surface area contributed by atoms with Crippen LogP contribution in [0.5, 0.6) is 5.75 Å². The molecule has 1 aliphatic rings. The second-order valence-electron chi connectivity index (χ2n) is 25.2. The van der Waals surface area contributed by atoms with E-state index in [1.807, 2.05) is 12.1 Å². The fourth-order valence-corrected chi connectivity index (χ4v) is 11.2. The summed E-state index contributed by atoms with van der Waals surface area (Å²) in [5, 5.41) is 8.87. The van der Waals surface area contributed by atoms with Crippen molar-refractivity contribution in [3.05, 3.63) is 77.4 Å². The van der Waals surface area contributed by atoms with Gasteiger partial charge in [-0.3, -0.25) is 9.59 Å². The maximum Gasteiger partial charge on any atom is 0.303 e. The second kappa shape index (κ2) is 71.4. The number of carboxylic acids is 1. The molecular formula is C81H134O28. The van der Waals surface area contributed by atoms with E-state index in [9.17, 15) is 9.59 Å². The molecule has 0 aliphatic heterocycles. The number of ether oxygens (including phenoxy) is 25. The number of benzene rings is 3. The van der Waals surface area contributed by atoms with Gasteiger partial charge in [0.25, 0.3) is 0 Å². The first kappa shape index (κ1) is 97.0. The monoisotopic (exact) mass is 1550 g/mol. The molecule has 28 heteroatoms. The lowest BCUT2D eigenvalue weighted by Crippen LogP contribution is -2.27. The van der Waals surface area contributed by atoms with E-state index in [4.69, 9.17) is 124 Å². The molecule has 109 heavy (non-hydrogen) atoms. The molecule has 0 heterocycles. The molecule has 3 aromatic carbocycles. The van der Waals surface area contributed by atoms with Gasteiger partial charge in [-0.15, -0.1) is 0 Å². The van der Waals surface area contributed by atoms with Crippen LogP contribution in [0.3, 0.4) is 0 Å². The number of ketones is 1. The van der Waals surface area contributed by atoms with E-state index in [-0.39, 0.29) is 24.0 Å². The van der Waals surface area contributed by atoms with Gasteiger partial charge in [-0.1, -0.05) is 48.0 Å². The van der Waals surface area contributed by atoms with Crippen molar-refractivity contribution in [3.63, 3.8) is 0 Å². The van der Waals surface area contributed by atoms with Crippen molar-refractivity contribution in [1.29, 1.82) is 0 Å². The summed E-state index contributed by atoms with van der Waals surface area (Å²) >= 11 is 0. The molecule has 0 aromatic heterocycles. The van der Waals surface area contributed by atoms with Crippen molar-refractivity contribution in [2.45, 2.75) is 76.5 Å². The zero-order valence-electron chi connectivity index (χ0n) is 66.0. The Bertz CT molecular complexity index is 2480. The average Bonchev–Trinajstić information content (AvgIpc) is 1.57. The molecule has 0 saturated carbocycles. The zero-order chi connectivity index (χ0) is 77.3. The summed E-state index contributed by atoms with van der Waals surface area (Å²) in [6, 6.07) is 22.0. The van der Waals surface area contributed by atoms with Crippen LogP contribution in [0.1, 0.15) is 80.9 Å². The van der Waals surface area contributed by atoms with E-state index in [2.05, 4.69) is 55.5 Å². The minimum Gasteiger partial charge on any atom is -0.494 e. The molecular weight excluding hydrogens is 1420 g/mol. The van der Waals surface area contributed by atoms with Gasteiger partial charge in [0, 0.05) is 45.7 Å². The highest BCUT2D eigenvalue weighted by atomic mass is 16.6. The lowest BCUT2D eigenvalue weighted by atomic mass is 9.71. The normalized spacial score (nSPS) is 12.4. The molecule has 4 rings (SSSR count). The van der Waals surface area contributed by atoms with Gasteiger partial charge in [0.2, 0.25) is 0 Å².